The summed E-state index contributed by atoms with van der Waals surface area (Å²) in [5.74, 6) is -0.878. The van der Waals surface area contributed by atoms with Gasteiger partial charge in [0, 0.05) is 43.6 Å². The minimum Gasteiger partial charge on any atom is -0.459 e. The molecule has 1 aliphatic rings. The fourth-order valence-electron chi connectivity index (χ4n) is 4.65. The van der Waals surface area contributed by atoms with E-state index in [0.717, 1.165) is 16.5 Å². The number of para-hydroxylation sites is 3. The first-order valence-corrected chi connectivity index (χ1v) is 11.8. The Labute approximate surface area is 204 Å². The van der Waals surface area contributed by atoms with Gasteiger partial charge in [-0.2, -0.15) is 0 Å². The van der Waals surface area contributed by atoms with Crippen LogP contribution in [0.4, 0.5) is 11.4 Å². The number of anilines is 2. The molecular formula is C27H31N3O5. The lowest BCUT2D eigenvalue weighted by molar-refractivity contribution is -0.164. The van der Waals surface area contributed by atoms with Gasteiger partial charge in [0.15, 0.2) is 5.76 Å². The molecule has 1 aliphatic heterocycles. The second kappa shape index (κ2) is 10.8. The van der Waals surface area contributed by atoms with E-state index in [2.05, 4.69) is 5.32 Å². The number of carbonyl (C=O) groups excluding carboxylic acids is 2. The van der Waals surface area contributed by atoms with Crippen LogP contribution in [0.1, 0.15) is 43.0 Å². The van der Waals surface area contributed by atoms with Crippen molar-refractivity contribution >= 4 is 34.1 Å². The number of hydrogen-bond donors (Lipinski definition) is 3. The van der Waals surface area contributed by atoms with Gasteiger partial charge in [0.2, 0.25) is 12.2 Å². The molecule has 2 aromatic carbocycles. The molecule has 35 heavy (non-hydrogen) atoms. The molecular weight excluding hydrogens is 446 g/mol. The highest BCUT2D eigenvalue weighted by Crippen LogP contribution is 2.42. The van der Waals surface area contributed by atoms with Crippen molar-refractivity contribution in [1.29, 1.82) is 0 Å². The molecule has 4 rings (SSSR count). The third-order valence-electron chi connectivity index (χ3n) is 6.29. The van der Waals surface area contributed by atoms with E-state index in [1.165, 1.54) is 6.92 Å². The van der Waals surface area contributed by atoms with Gasteiger partial charge in [-0.05, 0) is 49.6 Å². The Morgan fingerprint density at radius 1 is 1.17 bits per heavy atom. The third-order valence-corrected chi connectivity index (χ3v) is 6.29. The Morgan fingerprint density at radius 3 is 2.63 bits per heavy atom. The number of fused-ring (bicyclic) bond motifs is 1. The molecule has 0 saturated carbocycles. The average Bonchev–Trinajstić information content (AvgIpc) is 3.24. The van der Waals surface area contributed by atoms with Crippen molar-refractivity contribution in [3.05, 3.63) is 72.1 Å². The third kappa shape index (κ3) is 5.08. The first-order valence-electron chi connectivity index (χ1n) is 11.8. The van der Waals surface area contributed by atoms with Crippen molar-refractivity contribution < 1.29 is 24.2 Å². The number of aliphatic hydroxyl groups is 1. The Hall–Kier alpha value is -3.62. The van der Waals surface area contributed by atoms with Gasteiger partial charge in [0.25, 0.3) is 5.91 Å². The van der Waals surface area contributed by atoms with Crippen molar-refractivity contribution in [2.45, 2.75) is 38.9 Å². The van der Waals surface area contributed by atoms with Crippen LogP contribution in [0.5, 0.6) is 0 Å². The van der Waals surface area contributed by atoms with Crippen LogP contribution < -0.4 is 11.1 Å². The van der Waals surface area contributed by atoms with E-state index >= 15 is 0 Å². The minimum absolute atomic E-state index is 0.0294. The Kier molecular flexibility index (Phi) is 7.53. The number of allylic oxidation sites excluding steroid dienone is 1. The normalized spacial score (nSPS) is 19.7. The Balaban J connectivity index is 1.80. The number of nitrogen functional groups attached to an aromatic ring is 1. The van der Waals surface area contributed by atoms with Gasteiger partial charge in [-0.3, -0.25) is 14.2 Å². The maximum absolute atomic E-state index is 13.2. The molecule has 0 bridgehead atoms. The van der Waals surface area contributed by atoms with Crippen LogP contribution in [0.25, 0.3) is 10.9 Å². The van der Waals surface area contributed by atoms with Crippen LogP contribution in [-0.2, 0) is 14.3 Å². The van der Waals surface area contributed by atoms with Gasteiger partial charge in [-0.15, -0.1) is 0 Å². The van der Waals surface area contributed by atoms with Gasteiger partial charge in [-0.25, -0.2) is 0 Å². The summed E-state index contributed by atoms with van der Waals surface area (Å²) in [6.07, 6.45) is 4.09. The van der Waals surface area contributed by atoms with E-state index in [-0.39, 0.29) is 30.1 Å². The number of carbonyl (C=O) groups is 2. The molecule has 8 nitrogen and oxygen atoms in total. The lowest BCUT2D eigenvalue weighted by Crippen LogP contribution is -2.37. The number of aromatic nitrogens is 1. The predicted octanol–water partition coefficient (Wildman–Crippen LogP) is 4.27. The summed E-state index contributed by atoms with van der Waals surface area (Å²) in [6.45, 7) is 3.81. The number of rotatable bonds is 8. The van der Waals surface area contributed by atoms with Crippen molar-refractivity contribution in [2.24, 2.45) is 5.92 Å². The van der Waals surface area contributed by atoms with E-state index in [0.29, 0.717) is 30.8 Å². The number of nitrogens with two attached hydrogens (primary N) is 1. The van der Waals surface area contributed by atoms with Gasteiger partial charge in [0.05, 0.1) is 16.9 Å². The fraction of sp³-hybridized carbons (Fsp3) is 0.333. The zero-order chi connectivity index (χ0) is 24.9. The van der Waals surface area contributed by atoms with E-state index < -0.39 is 12.2 Å². The molecule has 184 valence electrons. The van der Waals surface area contributed by atoms with Gasteiger partial charge < -0.3 is 25.6 Å². The molecule has 2 heterocycles. The van der Waals surface area contributed by atoms with Crippen LogP contribution in [-0.4, -0.2) is 41.0 Å². The molecule has 0 radical (unpaired) electrons. The van der Waals surface area contributed by atoms with Crippen LogP contribution >= 0.6 is 0 Å². The van der Waals surface area contributed by atoms with Crippen molar-refractivity contribution in [3.63, 3.8) is 0 Å². The molecule has 0 saturated heterocycles. The Bertz CT molecular complexity index is 1250. The average molecular weight is 478 g/mol. The van der Waals surface area contributed by atoms with E-state index in [9.17, 15) is 14.7 Å². The summed E-state index contributed by atoms with van der Waals surface area (Å²) < 4.78 is 13.6. The number of nitrogens with one attached hydrogen (secondary N) is 1. The summed E-state index contributed by atoms with van der Waals surface area (Å²) in [5, 5.41) is 13.3. The fourth-order valence-corrected chi connectivity index (χ4v) is 4.65. The van der Waals surface area contributed by atoms with Crippen LogP contribution in [0.15, 0.2) is 66.6 Å². The van der Waals surface area contributed by atoms with Crippen molar-refractivity contribution in [2.75, 3.05) is 24.3 Å². The monoisotopic (exact) mass is 477 g/mol. The largest absolute Gasteiger partial charge is 0.459 e. The number of nitrogens with zero attached hydrogens (tertiary/aromatic N) is 1. The molecule has 8 heteroatoms. The second-order valence-electron chi connectivity index (χ2n) is 8.56. The number of amides is 1. The molecule has 0 unspecified atom stereocenters. The van der Waals surface area contributed by atoms with Crippen molar-refractivity contribution in [3.8, 4) is 0 Å². The quantitative estimate of drug-likeness (QED) is 0.417. The highest BCUT2D eigenvalue weighted by atomic mass is 16.7. The second-order valence-corrected chi connectivity index (χ2v) is 8.56. The lowest BCUT2D eigenvalue weighted by atomic mass is 9.80. The summed E-state index contributed by atoms with van der Waals surface area (Å²) in [6, 6.07) is 14.7. The topological polar surface area (TPSA) is 116 Å². The summed E-state index contributed by atoms with van der Waals surface area (Å²) in [7, 11) is 0. The summed E-state index contributed by atoms with van der Waals surface area (Å²) in [5.41, 5.74) is 8.63. The van der Waals surface area contributed by atoms with Gasteiger partial charge in [-0.1, -0.05) is 30.3 Å². The molecule has 3 atom stereocenters. The van der Waals surface area contributed by atoms with E-state index in [1.807, 2.05) is 37.4 Å². The van der Waals surface area contributed by atoms with Crippen LogP contribution in [0, 0.1) is 5.92 Å². The van der Waals surface area contributed by atoms with Crippen molar-refractivity contribution in [1.82, 2.24) is 4.57 Å². The highest BCUT2D eigenvalue weighted by Gasteiger charge is 2.39. The standard InChI is InChI=1S/C27H31N3O5/c1-3-34-27-19(10-8-14-31)20(21-16-30(17(2)32)24-13-7-4-9-18(21)24)15-25(35-27)26(33)29-23-12-6-5-11-22(23)28/h4-7,9,11-13,15-16,19-20,27,31H,3,8,10,14,28H2,1-2H3,(H,29,33)/t19-,20+,27-/m1/s1. The molecule has 1 aromatic heterocycles. The number of aliphatic hydroxyl groups excluding tert-OH is 1. The molecule has 3 aromatic rings. The zero-order valence-electron chi connectivity index (χ0n) is 19.9. The number of hydrogen-bond acceptors (Lipinski definition) is 6. The van der Waals surface area contributed by atoms with Gasteiger partial charge >= 0.3 is 0 Å². The summed E-state index contributed by atoms with van der Waals surface area (Å²) >= 11 is 0. The molecule has 0 aliphatic carbocycles. The van der Waals surface area contributed by atoms with Crippen LogP contribution in [0.2, 0.25) is 0 Å². The molecule has 0 fully saturated rings. The molecule has 1 amide bonds. The summed E-state index contributed by atoms with van der Waals surface area (Å²) in [4.78, 5) is 25.6. The number of ether oxygens (including phenoxy) is 2. The zero-order valence-corrected chi connectivity index (χ0v) is 19.9. The first-order chi connectivity index (χ1) is 16.9. The predicted molar refractivity (Wildman–Crippen MR) is 135 cm³/mol. The Morgan fingerprint density at radius 2 is 1.91 bits per heavy atom. The molecule has 0 spiro atoms. The maximum Gasteiger partial charge on any atom is 0.290 e. The smallest absolute Gasteiger partial charge is 0.290 e. The van der Waals surface area contributed by atoms with E-state index in [1.54, 1.807) is 34.9 Å². The minimum atomic E-state index is -0.699. The SMILES string of the molecule is CCO[C@@H]1OC(C(=O)Nc2ccccc2N)=C[C@H](c2cn(C(C)=O)c3ccccc23)[C@H]1CCCO. The first kappa shape index (κ1) is 24.5. The lowest BCUT2D eigenvalue weighted by Gasteiger charge is -2.36. The highest BCUT2D eigenvalue weighted by molar-refractivity contribution is 6.04. The molecule has 4 N–H and O–H groups in total. The van der Waals surface area contributed by atoms with E-state index in [4.69, 9.17) is 15.2 Å². The number of benzene rings is 2. The van der Waals surface area contributed by atoms with Gasteiger partial charge in [0.1, 0.15) is 0 Å². The van der Waals surface area contributed by atoms with Crippen LogP contribution in [0.3, 0.4) is 0 Å². The maximum atomic E-state index is 13.2.